The molecule has 6 nitrogen and oxygen atoms in total. The van der Waals surface area contributed by atoms with E-state index in [0.29, 0.717) is 6.54 Å². The lowest BCUT2D eigenvalue weighted by molar-refractivity contribution is 0.330. The highest BCUT2D eigenvalue weighted by Gasteiger charge is 2.10. The summed E-state index contributed by atoms with van der Waals surface area (Å²) in [6.07, 6.45) is 3.89. The largest absolute Gasteiger partial charge is 0.310 e. The lowest BCUT2D eigenvalue weighted by atomic mass is 10.3. The van der Waals surface area contributed by atoms with E-state index >= 15 is 0 Å². The highest BCUT2D eigenvalue weighted by atomic mass is 15.5. The molecule has 0 spiro atoms. The molecule has 0 aliphatic carbocycles. The molecule has 112 valence electrons. The van der Waals surface area contributed by atoms with Crippen LogP contribution in [0.5, 0.6) is 0 Å². The maximum Gasteiger partial charge on any atom is 0.170 e. The van der Waals surface area contributed by atoms with Gasteiger partial charge >= 0.3 is 0 Å². The van der Waals surface area contributed by atoms with Gasteiger partial charge < -0.3 is 10.2 Å². The molecular formula is C15H22N6. The van der Waals surface area contributed by atoms with Crippen LogP contribution in [0, 0.1) is 0 Å². The number of tetrazole rings is 1. The van der Waals surface area contributed by atoms with Crippen LogP contribution in [0.1, 0.15) is 25.1 Å². The number of nitrogens with one attached hydrogen (secondary N) is 1. The zero-order valence-corrected chi connectivity index (χ0v) is 12.3. The highest BCUT2D eigenvalue weighted by Crippen LogP contribution is 2.08. The van der Waals surface area contributed by atoms with Gasteiger partial charge in [-0.25, -0.2) is 0 Å². The van der Waals surface area contributed by atoms with E-state index in [1.807, 2.05) is 30.3 Å². The quantitative estimate of drug-likeness (QED) is 0.776. The molecule has 0 atom stereocenters. The minimum absolute atomic E-state index is 0.696. The van der Waals surface area contributed by atoms with Gasteiger partial charge in [0.25, 0.3) is 0 Å². The number of nitrogens with zero attached hydrogens (tertiary/aromatic N) is 5. The fourth-order valence-electron chi connectivity index (χ4n) is 2.72. The molecule has 0 amide bonds. The van der Waals surface area contributed by atoms with Crippen LogP contribution < -0.4 is 5.32 Å². The van der Waals surface area contributed by atoms with Crippen molar-refractivity contribution in [2.75, 3.05) is 26.2 Å². The lowest BCUT2D eigenvalue weighted by Gasteiger charge is -2.14. The van der Waals surface area contributed by atoms with Crippen molar-refractivity contribution in [1.82, 2.24) is 30.4 Å². The van der Waals surface area contributed by atoms with Crippen molar-refractivity contribution in [2.45, 2.75) is 25.8 Å². The normalized spacial score (nSPS) is 15.6. The maximum absolute atomic E-state index is 4.10. The molecular weight excluding hydrogens is 264 g/mol. The van der Waals surface area contributed by atoms with Crippen LogP contribution in [0.25, 0.3) is 5.69 Å². The van der Waals surface area contributed by atoms with Gasteiger partial charge in [-0.1, -0.05) is 18.2 Å². The van der Waals surface area contributed by atoms with Crippen LogP contribution in [0.3, 0.4) is 0 Å². The Morgan fingerprint density at radius 3 is 2.71 bits per heavy atom. The fourth-order valence-corrected chi connectivity index (χ4v) is 2.72. The summed E-state index contributed by atoms with van der Waals surface area (Å²) >= 11 is 0. The Hall–Kier alpha value is -1.79. The molecule has 1 N–H and O–H groups in total. The molecule has 2 aromatic rings. The Balaban J connectivity index is 1.44. The molecule has 0 bridgehead atoms. The van der Waals surface area contributed by atoms with Crippen molar-refractivity contribution in [1.29, 1.82) is 0 Å². The third-order valence-corrected chi connectivity index (χ3v) is 3.84. The molecule has 1 aliphatic heterocycles. The number of likely N-dealkylation sites (tertiary alicyclic amines) is 1. The number of benzene rings is 1. The first-order valence-electron chi connectivity index (χ1n) is 7.69. The van der Waals surface area contributed by atoms with Gasteiger partial charge in [-0.2, -0.15) is 4.68 Å². The second-order valence-electron chi connectivity index (χ2n) is 5.42. The van der Waals surface area contributed by atoms with Gasteiger partial charge in [-0.05, 0) is 68.0 Å². The first-order valence-corrected chi connectivity index (χ1v) is 7.69. The number of para-hydroxylation sites is 1. The van der Waals surface area contributed by atoms with E-state index in [0.717, 1.165) is 18.1 Å². The van der Waals surface area contributed by atoms with Crippen molar-refractivity contribution >= 4 is 0 Å². The Morgan fingerprint density at radius 2 is 1.90 bits per heavy atom. The molecule has 2 heterocycles. The zero-order valence-electron chi connectivity index (χ0n) is 12.3. The minimum atomic E-state index is 0.696. The van der Waals surface area contributed by atoms with Gasteiger partial charge in [0.05, 0.1) is 12.2 Å². The van der Waals surface area contributed by atoms with Gasteiger partial charge in [0.1, 0.15) is 0 Å². The Labute approximate surface area is 125 Å². The highest BCUT2D eigenvalue weighted by molar-refractivity contribution is 5.30. The molecule has 1 fully saturated rings. The van der Waals surface area contributed by atoms with Crippen LogP contribution >= 0.6 is 0 Å². The standard InChI is InChI=1S/C15H22N6/c1-2-7-14(8-3-1)21-15(17-18-19-21)13-16-9-6-12-20-10-4-5-11-20/h1-3,7-8,16H,4-6,9-13H2. The summed E-state index contributed by atoms with van der Waals surface area (Å²) < 4.78 is 1.79. The van der Waals surface area contributed by atoms with E-state index in [9.17, 15) is 0 Å². The molecule has 1 aliphatic rings. The second kappa shape index (κ2) is 7.28. The van der Waals surface area contributed by atoms with Crippen molar-refractivity contribution < 1.29 is 0 Å². The van der Waals surface area contributed by atoms with Crippen LogP contribution in [0.15, 0.2) is 30.3 Å². The smallest absolute Gasteiger partial charge is 0.170 e. The van der Waals surface area contributed by atoms with Crippen LogP contribution in [0.4, 0.5) is 0 Å². The van der Waals surface area contributed by atoms with Crippen molar-refractivity contribution in [3.63, 3.8) is 0 Å². The van der Waals surface area contributed by atoms with Gasteiger partial charge in [0.2, 0.25) is 0 Å². The molecule has 1 aromatic heterocycles. The average Bonchev–Trinajstić information content (AvgIpc) is 3.19. The Morgan fingerprint density at radius 1 is 1.10 bits per heavy atom. The molecule has 0 unspecified atom stereocenters. The topological polar surface area (TPSA) is 58.9 Å². The van der Waals surface area contributed by atoms with Gasteiger partial charge in [-0.3, -0.25) is 0 Å². The molecule has 0 saturated carbocycles. The molecule has 0 radical (unpaired) electrons. The summed E-state index contributed by atoms with van der Waals surface area (Å²) in [6, 6.07) is 9.99. The first-order chi connectivity index (χ1) is 10.4. The Bertz CT molecular complexity index is 532. The average molecular weight is 286 g/mol. The van der Waals surface area contributed by atoms with E-state index < -0.39 is 0 Å². The molecule has 1 saturated heterocycles. The van der Waals surface area contributed by atoms with Crippen LogP contribution in [0.2, 0.25) is 0 Å². The Kier molecular flexibility index (Phi) is 4.91. The zero-order chi connectivity index (χ0) is 14.3. The van der Waals surface area contributed by atoms with Crippen molar-refractivity contribution in [3.05, 3.63) is 36.2 Å². The summed E-state index contributed by atoms with van der Waals surface area (Å²) in [6.45, 7) is 5.43. The van der Waals surface area contributed by atoms with Gasteiger partial charge in [0.15, 0.2) is 5.82 Å². The first kappa shape index (κ1) is 14.2. The third kappa shape index (κ3) is 3.86. The monoisotopic (exact) mass is 286 g/mol. The van der Waals surface area contributed by atoms with Crippen molar-refractivity contribution in [2.24, 2.45) is 0 Å². The number of hydrogen-bond donors (Lipinski definition) is 1. The molecule has 6 heteroatoms. The maximum atomic E-state index is 4.10. The summed E-state index contributed by atoms with van der Waals surface area (Å²) in [5.41, 5.74) is 0.997. The van der Waals surface area contributed by atoms with Crippen LogP contribution in [-0.2, 0) is 6.54 Å². The van der Waals surface area contributed by atoms with E-state index in [4.69, 9.17) is 0 Å². The number of aromatic nitrogens is 4. The molecule has 3 rings (SSSR count). The summed E-state index contributed by atoms with van der Waals surface area (Å²) in [4.78, 5) is 2.54. The SMILES string of the molecule is c1ccc(-n2nnnc2CNCCCN2CCCC2)cc1. The predicted octanol–water partition coefficient (Wildman–Crippen LogP) is 1.24. The van der Waals surface area contributed by atoms with E-state index in [2.05, 4.69) is 25.7 Å². The van der Waals surface area contributed by atoms with E-state index in [1.54, 1.807) is 4.68 Å². The molecule has 21 heavy (non-hydrogen) atoms. The van der Waals surface area contributed by atoms with Gasteiger partial charge in [0, 0.05) is 0 Å². The van der Waals surface area contributed by atoms with E-state index in [1.165, 1.54) is 38.9 Å². The molecule has 1 aromatic carbocycles. The van der Waals surface area contributed by atoms with Crippen molar-refractivity contribution in [3.8, 4) is 5.69 Å². The van der Waals surface area contributed by atoms with E-state index in [-0.39, 0.29) is 0 Å². The summed E-state index contributed by atoms with van der Waals surface area (Å²) in [7, 11) is 0. The lowest BCUT2D eigenvalue weighted by Crippen LogP contribution is -2.25. The minimum Gasteiger partial charge on any atom is -0.310 e. The third-order valence-electron chi connectivity index (χ3n) is 3.84. The predicted molar refractivity (Wildman–Crippen MR) is 81.2 cm³/mol. The van der Waals surface area contributed by atoms with Gasteiger partial charge in [-0.15, -0.1) is 5.10 Å². The second-order valence-corrected chi connectivity index (χ2v) is 5.42. The number of rotatable bonds is 7. The number of hydrogen-bond acceptors (Lipinski definition) is 5. The fraction of sp³-hybridized carbons (Fsp3) is 0.533. The summed E-state index contributed by atoms with van der Waals surface area (Å²) in [5.74, 6) is 0.849. The van der Waals surface area contributed by atoms with Crippen LogP contribution in [-0.4, -0.2) is 51.3 Å². The summed E-state index contributed by atoms with van der Waals surface area (Å²) in [5, 5.41) is 15.4.